The summed E-state index contributed by atoms with van der Waals surface area (Å²) in [5, 5.41) is 198. The van der Waals surface area contributed by atoms with Gasteiger partial charge in [0, 0.05) is 5.57 Å². The van der Waals surface area contributed by atoms with E-state index in [4.69, 9.17) is 71.1 Å². The van der Waals surface area contributed by atoms with Gasteiger partial charge in [-0.25, -0.2) is 4.79 Å². The number of ether oxygens (including phenoxy) is 15. The zero-order valence-corrected chi connectivity index (χ0v) is 65.9. The third kappa shape index (κ3) is 17.0. The van der Waals surface area contributed by atoms with Gasteiger partial charge in [0.2, 0.25) is 6.29 Å². The van der Waals surface area contributed by atoms with Crippen LogP contribution in [-0.4, -0.2) is 346 Å². The van der Waals surface area contributed by atoms with E-state index in [1.54, 1.807) is 6.92 Å². The van der Waals surface area contributed by atoms with Crippen molar-refractivity contribution >= 4 is 11.9 Å². The first kappa shape index (κ1) is 89.2. The van der Waals surface area contributed by atoms with Gasteiger partial charge in [-0.15, -0.1) is 6.58 Å². The molecule has 0 bridgehead atoms. The van der Waals surface area contributed by atoms with Gasteiger partial charge in [0.1, 0.15) is 128 Å². The van der Waals surface area contributed by atoms with Crippen LogP contribution in [0.5, 0.6) is 0 Å². The molecule has 0 aromatic rings. The summed E-state index contributed by atoms with van der Waals surface area (Å²) in [7, 11) is 0. The monoisotopic (exact) mass is 1620 g/mol. The predicted octanol–water partition coefficient (Wildman–Crippen LogP) is -2.76. The zero-order valence-electron chi connectivity index (χ0n) is 65.9. The van der Waals surface area contributed by atoms with Crippen molar-refractivity contribution in [2.75, 3.05) is 39.6 Å². The molecule has 646 valence electrons. The van der Waals surface area contributed by atoms with Gasteiger partial charge in [-0.3, -0.25) is 4.79 Å². The molecule has 12 rings (SSSR count). The minimum atomic E-state index is -2.09. The van der Waals surface area contributed by atoms with Crippen molar-refractivity contribution in [3.05, 3.63) is 36.0 Å². The molecule has 0 radical (unpaired) electrons. The molecule has 0 spiro atoms. The lowest BCUT2D eigenvalue weighted by Crippen LogP contribution is -2.67. The third-order valence-electron chi connectivity index (χ3n) is 28.2. The molecule has 35 nitrogen and oxygen atoms in total. The Hall–Kier alpha value is -3.08. The van der Waals surface area contributed by atoms with Gasteiger partial charge >= 0.3 is 11.9 Å². The summed E-state index contributed by atoms with van der Waals surface area (Å²) in [6.07, 6.45) is -41.2. The van der Waals surface area contributed by atoms with Crippen LogP contribution < -0.4 is 0 Å². The second-order valence-corrected chi connectivity index (χ2v) is 36.3. The second kappa shape index (κ2) is 34.4. The molecule has 40 atom stereocenters. The van der Waals surface area contributed by atoms with Crippen molar-refractivity contribution in [3.8, 4) is 0 Å². The van der Waals surface area contributed by atoms with Crippen molar-refractivity contribution in [2.45, 2.75) is 349 Å². The Bertz CT molecular complexity index is 3330. The van der Waals surface area contributed by atoms with Crippen molar-refractivity contribution in [1.82, 2.24) is 0 Å². The van der Waals surface area contributed by atoms with E-state index in [-0.39, 0.29) is 46.5 Å². The van der Waals surface area contributed by atoms with Crippen molar-refractivity contribution in [2.24, 2.45) is 50.2 Å². The molecule has 5 aliphatic carbocycles. The van der Waals surface area contributed by atoms with Crippen LogP contribution in [0.3, 0.4) is 0 Å². The van der Waals surface area contributed by atoms with E-state index in [1.165, 1.54) is 26.0 Å². The lowest BCUT2D eigenvalue weighted by Gasteiger charge is -2.71. The van der Waals surface area contributed by atoms with Gasteiger partial charge < -0.3 is 163 Å². The normalized spacial score (nSPS) is 50.6. The molecule has 0 amide bonds. The Balaban J connectivity index is 0.765. The third-order valence-corrected chi connectivity index (χ3v) is 28.2. The van der Waals surface area contributed by atoms with Crippen LogP contribution in [-0.2, 0) is 80.6 Å². The van der Waals surface area contributed by atoms with E-state index < -0.39 is 276 Å². The molecular weight excluding hydrogens is 1500 g/mol. The number of hydrogen-bond donors (Lipinski definition) is 18. The number of hydrogen-bond acceptors (Lipinski definition) is 35. The van der Waals surface area contributed by atoms with Crippen LogP contribution in [0.15, 0.2) is 36.0 Å². The number of rotatable bonds is 22. The topological polar surface area (TPSA) is 537 Å². The summed E-state index contributed by atoms with van der Waals surface area (Å²) in [6, 6.07) is 0. The van der Waals surface area contributed by atoms with Gasteiger partial charge in [0.05, 0.1) is 62.9 Å². The number of aliphatic hydroxyl groups excluding tert-OH is 17. The fraction of sp³-hybridized carbons (Fsp3) is 0.897. The number of carbonyl (C=O) groups excluding carboxylic acids is 2. The number of carbonyl (C=O) groups is 2. The summed E-state index contributed by atoms with van der Waals surface area (Å²) < 4.78 is 90.4. The van der Waals surface area contributed by atoms with Gasteiger partial charge in [0.15, 0.2) is 49.9 Å². The molecule has 0 aromatic heterocycles. The van der Waals surface area contributed by atoms with Gasteiger partial charge in [-0.2, -0.15) is 0 Å². The Morgan fingerprint density at radius 3 is 1.73 bits per heavy atom. The maximum Gasteiger partial charge on any atom is 0.333 e. The first-order valence-corrected chi connectivity index (χ1v) is 40.0. The highest BCUT2D eigenvalue weighted by molar-refractivity contribution is 5.88. The predicted molar refractivity (Wildman–Crippen MR) is 383 cm³/mol. The lowest BCUT2D eigenvalue weighted by atomic mass is 9.33. The van der Waals surface area contributed by atoms with Crippen LogP contribution in [0.4, 0.5) is 0 Å². The number of aliphatic hydroxyl groups is 18. The minimum Gasteiger partial charge on any atom is -0.453 e. The smallest absolute Gasteiger partial charge is 0.333 e. The first-order chi connectivity index (χ1) is 53.0. The maximum atomic E-state index is 16.1. The molecule has 12 aliphatic rings. The summed E-state index contributed by atoms with van der Waals surface area (Å²) >= 11 is 0. The van der Waals surface area contributed by atoms with Crippen LogP contribution in [0.1, 0.15) is 146 Å². The van der Waals surface area contributed by atoms with Crippen molar-refractivity contribution < 1.29 is 173 Å². The highest BCUT2D eigenvalue weighted by Crippen LogP contribution is 2.76. The Morgan fingerprint density at radius 1 is 0.540 bits per heavy atom. The Labute approximate surface area is 656 Å². The maximum absolute atomic E-state index is 16.1. The zero-order chi connectivity index (χ0) is 82.5. The summed E-state index contributed by atoms with van der Waals surface area (Å²) in [5.41, 5.74) is -3.37. The molecule has 11 fully saturated rings. The van der Waals surface area contributed by atoms with Gasteiger partial charge in [-0.05, 0) is 143 Å². The minimum absolute atomic E-state index is 0.0263. The van der Waals surface area contributed by atoms with E-state index in [2.05, 4.69) is 61.1 Å². The molecule has 4 saturated carbocycles. The van der Waals surface area contributed by atoms with Crippen LogP contribution >= 0.6 is 0 Å². The molecule has 7 saturated heterocycles. The van der Waals surface area contributed by atoms with E-state index >= 15 is 4.79 Å². The standard InChI is InChI=1S/C78H124O35/c1-12-74(8,98)19-13-14-33(2)63(96)108-60-50(88)41(27-79)105-70(62(60)112-67-56(94)52(90)58(34(3)104-67)109-66-57(95)59(40(83)31-101-66)110-64-53(91)46(84)37(80)28-99-64)113-71(97)78-24-22-72(4,5)26-36(78)35-15-16-44-75(9)20-18-45(73(6,7)43(75)17-21-77(44,11)76(35,10)23-25-78)107-68-55(93)51(89)49(87)42(106-68)32-103-69-61(48(86)39(82)30-102-69)111-65-54(92)47(85)38(81)29-100-65/h12,14-15,34,36-62,64-70,79-95,98H,1,13,16-32H2,2-11H3. The molecule has 40 unspecified atom stereocenters. The summed E-state index contributed by atoms with van der Waals surface area (Å²) in [6.45, 7) is 20.5. The Kier molecular flexibility index (Phi) is 27.2. The molecule has 18 N–H and O–H groups in total. The number of esters is 2. The second-order valence-electron chi connectivity index (χ2n) is 36.3. The summed E-state index contributed by atoms with van der Waals surface area (Å²) in [4.78, 5) is 30.4. The first-order valence-electron chi connectivity index (χ1n) is 40.0. The molecule has 35 heteroatoms. The fourth-order valence-electron chi connectivity index (χ4n) is 20.8. The molecule has 0 aromatic carbocycles. The van der Waals surface area contributed by atoms with E-state index in [9.17, 15) is 96.7 Å². The van der Waals surface area contributed by atoms with E-state index in [0.717, 1.165) is 18.4 Å². The van der Waals surface area contributed by atoms with Crippen molar-refractivity contribution in [3.63, 3.8) is 0 Å². The highest BCUT2D eigenvalue weighted by atomic mass is 16.8. The average molecular weight is 1620 g/mol. The number of allylic oxidation sites excluding steroid dienone is 3. The van der Waals surface area contributed by atoms with E-state index in [0.29, 0.717) is 51.4 Å². The molecule has 7 heterocycles. The van der Waals surface area contributed by atoms with Crippen molar-refractivity contribution in [1.29, 1.82) is 0 Å². The highest BCUT2D eigenvalue weighted by Gasteiger charge is 2.71. The van der Waals surface area contributed by atoms with E-state index in [1.807, 2.05) is 0 Å². The lowest BCUT2D eigenvalue weighted by molar-refractivity contribution is -0.379. The van der Waals surface area contributed by atoms with Crippen LogP contribution in [0.25, 0.3) is 0 Å². The van der Waals surface area contributed by atoms with Crippen LogP contribution in [0.2, 0.25) is 0 Å². The molecule has 113 heavy (non-hydrogen) atoms. The average Bonchev–Trinajstić information content (AvgIpc) is 0.674. The van der Waals surface area contributed by atoms with Gasteiger partial charge in [-0.1, -0.05) is 72.3 Å². The SMILES string of the molecule is C=CC(C)(O)CCC=C(C)C(=O)OC1C(O)C(CO)OC(OC(=O)C23CCC(C)(C)CC2C2=CCC4C5(C)CCC(OC6OC(COC7OCC(O)C(O)C7OC7OCC(O)C(O)C7O)C(O)C(O)C6O)C(C)(C)C5CCC4(C)C2(C)CC3)C1OC1OC(C)C(OC2OCC(O)C(OC3OCC(O)C(O)C3O)C2O)C(O)C1O. The molecular formula is C78H124O35. The fourth-order valence-corrected chi connectivity index (χ4v) is 20.8. The molecule has 7 aliphatic heterocycles. The largest absolute Gasteiger partial charge is 0.453 e. The number of fused-ring (bicyclic) bond motifs is 7. The van der Waals surface area contributed by atoms with Crippen LogP contribution in [0, 0.1) is 50.2 Å². The quantitative estimate of drug-likeness (QED) is 0.0226. The van der Waals surface area contributed by atoms with Gasteiger partial charge in [0.25, 0.3) is 0 Å². The Morgan fingerprint density at radius 2 is 1.09 bits per heavy atom. The summed E-state index contributed by atoms with van der Waals surface area (Å²) in [5.74, 6) is -1.96.